The normalized spacial score (nSPS) is 17.7. The number of anilines is 1. The molecule has 0 atom stereocenters. The zero-order chi connectivity index (χ0) is 13.1. The van der Waals surface area contributed by atoms with Crippen LogP contribution >= 0.6 is 0 Å². The van der Waals surface area contributed by atoms with Gasteiger partial charge >= 0.3 is 5.97 Å². The zero-order valence-electron chi connectivity index (χ0n) is 10.3. The van der Waals surface area contributed by atoms with Gasteiger partial charge in [0.15, 0.2) is 0 Å². The van der Waals surface area contributed by atoms with E-state index < -0.39 is 11.8 Å². The minimum Gasteiger partial charge on any atom is -0.478 e. The summed E-state index contributed by atoms with van der Waals surface area (Å²) in [5.74, 6) is -1.62. The summed E-state index contributed by atoms with van der Waals surface area (Å²) in [4.78, 5) is 12.9. The topological polar surface area (TPSA) is 52.6 Å². The Morgan fingerprint density at radius 3 is 2.67 bits per heavy atom. The maximum atomic E-state index is 13.7. The number of hydrogen-bond acceptors (Lipinski definition) is 3. The molecule has 1 heterocycles. The highest BCUT2D eigenvalue weighted by atomic mass is 19.1. The Balaban J connectivity index is 2.03. The fraction of sp³-hybridized carbons (Fsp3) is 0.462. The molecule has 0 radical (unpaired) electrons. The van der Waals surface area contributed by atoms with E-state index in [0.29, 0.717) is 5.69 Å². The van der Waals surface area contributed by atoms with Crippen molar-refractivity contribution in [3.63, 3.8) is 0 Å². The highest BCUT2D eigenvalue weighted by Crippen LogP contribution is 2.20. The largest absolute Gasteiger partial charge is 0.478 e. The van der Waals surface area contributed by atoms with Crippen molar-refractivity contribution in [3.8, 4) is 0 Å². The molecule has 0 aromatic heterocycles. The molecule has 0 aliphatic carbocycles. The molecule has 1 aliphatic rings. The van der Waals surface area contributed by atoms with Crippen LogP contribution in [-0.4, -0.2) is 42.2 Å². The van der Waals surface area contributed by atoms with Crippen molar-refractivity contribution < 1.29 is 14.3 Å². The third-order valence-electron chi connectivity index (χ3n) is 3.29. The van der Waals surface area contributed by atoms with Gasteiger partial charge in [0.05, 0.1) is 11.3 Å². The Kier molecular flexibility index (Phi) is 3.81. The zero-order valence-corrected chi connectivity index (χ0v) is 10.3. The molecule has 1 saturated heterocycles. The number of carboxylic acid groups (broad SMARTS) is 1. The van der Waals surface area contributed by atoms with Gasteiger partial charge in [-0.15, -0.1) is 0 Å². The van der Waals surface area contributed by atoms with Crippen LogP contribution in [0.1, 0.15) is 23.2 Å². The third-order valence-corrected chi connectivity index (χ3v) is 3.29. The molecule has 0 unspecified atom stereocenters. The summed E-state index contributed by atoms with van der Waals surface area (Å²) < 4.78 is 13.7. The minimum atomic E-state index is -1.11. The van der Waals surface area contributed by atoms with Crippen LogP contribution in [-0.2, 0) is 0 Å². The molecule has 1 fully saturated rings. The molecule has 0 spiro atoms. The fourth-order valence-corrected chi connectivity index (χ4v) is 2.14. The van der Waals surface area contributed by atoms with Crippen molar-refractivity contribution in [1.82, 2.24) is 4.90 Å². The first-order valence-corrected chi connectivity index (χ1v) is 6.04. The standard InChI is InChI=1S/C13H17FN2O2/c1-16-6-4-10(5-7-16)15-12-3-2-9(13(17)18)8-11(12)14/h2-3,8,10,15H,4-7H2,1H3,(H,17,18). The van der Waals surface area contributed by atoms with Gasteiger partial charge in [-0.3, -0.25) is 0 Å². The Labute approximate surface area is 105 Å². The summed E-state index contributed by atoms with van der Waals surface area (Å²) in [5, 5.41) is 11.9. The number of nitrogens with one attached hydrogen (secondary N) is 1. The van der Waals surface area contributed by atoms with Crippen molar-refractivity contribution in [3.05, 3.63) is 29.6 Å². The fourth-order valence-electron chi connectivity index (χ4n) is 2.14. The molecule has 1 aromatic carbocycles. The van der Waals surface area contributed by atoms with Gasteiger partial charge in [-0.05, 0) is 51.2 Å². The Morgan fingerprint density at radius 1 is 1.44 bits per heavy atom. The molecule has 0 bridgehead atoms. The number of benzene rings is 1. The van der Waals surface area contributed by atoms with Crippen molar-refractivity contribution in [2.24, 2.45) is 0 Å². The van der Waals surface area contributed by atoms with E-state index in [9.17, 15) is 9.18 Å². The second-order valence-corrected chi connectivity index (χ2v) is 4.72. The molecule has 1 aromatic rings. The molecule has 1 aliphatic heterocycles. The number of rotatable bonds is 3. The van der Waals surface area contributed by atoms with E-state index in [1.165, 1.54) is 12.1 Å². The molecule has 0 saturated carbocycles. The number of likely N-dealkylation sites (tertiary alicyclic amines) is 1. The number of hydrogen-bond donors (Lipinski definition) is 2. The van der Waals surface area contributed by atoms with Gasteiger partial charge in [0.1, 0.15) is 5.82 Å². The molecule has 4 nitrogen and oxygen atoms in total. The average Bonchev–Trinajstić information content (AvgIpc) is 2.34. The number of piperidine rings is 1. The van der Waals surface area contributed by atoms with E-state index in [0.717, 1.165) is 32.0 Å². The molecule has 5 heteroatoms. The third kappa shape index (κ3) is 2.98. The van der Waals surface area contributed by atoms with Gasteiger partial charge < -0.3 is 15.3 Å². The number of carbonyl (C=O) groups is 1. The van der Waals surface area contributed by atoms with Crippen LogP contribution < -0.4 is 5.32 Å². The first kappa shape index (κ1) is 12.8. The lowest BCUT2D eigenvalue weighted by Gasteiger charge is -2.30. The van der Waals surface area contributed by atoms with Crippen molar-refractivity contribution in [1.29, 1.82) is 0 Å². The molecule has 18 heavy (non-hydrogen) atoms. The predicted molar refractivity (Wildman–Crippen MR) is 67.5 cm³/mol. The predicted octanol–water partition coefficient (Wildman–Crippen LogP) is 2.03. The van der Waals surface area contributed by atoms with E-state index in [-0.39, 0.29) is 11.6 Å². The molecule has 2 rings (SSSR count). The van der Waals surface area contributed by atoms with Crippen LogP contribution in [0.15, 0.2) is 18.2 Å². The van der Waals surface area contributed by atoms with Crippen LogP contribution in [0.25, 0.3) is 0 Å². The van der Waals surface area contributed by atoms with Crippen molar-refractivity contribution in [2.45, 2.75) is 18.9 Å². The number of aromatic carboxylic acids is 1. The number of nitrogens with zero attached hydrogens (tertiary/aromatic N) is 1. The highest BCUT2D eigenvalue weighted by molar-refractivity contribution is 5.88. The number of carboxylic acids is 1. The van der Waals surface area contributed by atoms with Gasteiger partial charge in [-0.1, -0.05) is 0 Å². The quantitative estimate of drug-likeness (QED) is 0.864. The summed E-state index contributed by atoms with van der Waals surface area (Å²) in [6.07, 6.45) is 1.94. The second-order valence-electron chi connectivity index (χ2n) is 4.72. The van der Waals surface area contributed by atoms with E-state index in [4.69, 9.17) is 5.11 Å². The molecule has 2 N–H and O–H groups in total. The Hall–Kier alpha value is -1.62. The SMILES string of the molecule is CN1CCC(Nc2ccc(C(=O)O)cc2F)CC1. The molecule has 98 valence electrons. The van der Waals surface area contributed by atoms with Gasteiger partial charge in [-0.25, -0.2) is 9.18 Å². The van der Waals surface area contributed by atoms with Gasteiger partial charge in [0.25, 0.3) is 0 Å². The second kappa shape index (κ2) is 5.35. The Morgan fingerprint density at radius 2 is 2.11 bits per heavy atom. The van der Waals surface area contributed by atoms with E-state index in [1.54, 1.807) is 0 Å². The maximum Gasteiger partial charge on any atom is 0.335 e. The van der Waals surface area contributed by atoms with Gasteiger partial charge in [0, 0.05) is 6.04 Å². The lowest BCUT2D eigenvalue weighted by atomic mass is 10.0. The van der Waals surface area contributed by atoms with E-state index >= 15 is 0 Å². The summed E-state index contributed by atoms with van der Waals surface area (Å²) in [6, 6.07) is 4.23. The lowest BCUT2D eigenvalue weighted by Crippen LogP contribution is -2.36. The van der Waals surface area contributed by atoms with Crippen molar-refractivity contribution >= 4 is 11.7 Å². The summed E-state index contributed by atoms with van der Waals surface area (Å²) in [7, 11) is 2.07. The van der Waals surface area contributed by atoms with Crippen LogP contribution in [0.5, 0.6) is 0 Å². The summed E-state index contributed by atoms with van der Waals surface area (Å²) >= 11 is 0. The van der Waals surface area contributed by atoms with Crippen LogP contribution in [0, 0.1) is 5.82 Å². The Bertz CT molecular complexity index is 443. The number of halogens is 1. The average molecular weight is 252 g/mol. The molecule has 0 amide bonds. The molecular weight excluding hydrogens is 235 g/mol. The summed E-state index contributed by atoms with van der Waals surface area (Å²) in [6.45, 7) is 1.99. The smallest absolute Gasteiger partial charge is 0.335 e. The maximum absolute atomic E-state index is 13.7. The molecular formula is C13H17FN2O2. The van der Waals surface area contributed by atoms with Crippen LogP contribution in [0.3, 0.4) is 0 Å². The van der Waals surface area contributed by atoms with Gasteiger partial charge in [-0.2, -0.15) is 0 Å². The van der Waals surface area contributed by atoms with Crippen LogP contribution in [0.4, 0.5) is 10.1 Å². The lowest BCUT2D eigenvalue weighted by molar-refractivity contribution is 0.0696. The first-order valence-electron chi connectivity index (χ1n) is 6.04. The monoisotopic (exact) mass is 252 g/mol. The van der Waals surface area contributed by atoms with Crippen molar-refractivity contribution in [2.75, 3.05) is 25.5 Å². The highest BCUT2D eigenvalue weighted by Gasteiger charge is 2.18. The first-order chi connectivity index (χ1) is 8.56. The van der Waals surface area contributed by atoms with Crippen LogP contribution in [0.2, 0.25) is 0 Å². The minimum absolute atomic E-state index is 0.0265. The van der Waals surface area contributed by atoms with E-state index in [2.05, 4.69) is 17.3 Å². The van der Waals surface area contributed by atoms with Gasteiger partial charge in [0.2, 0.25) is 0 Å². The van der Waals surface area contributed by atoms with E-state index in [1.807, 2.05) is 0 Å². The summed E-state index contributed by atoms with van der Waals surface area (Å²) in [5.41, 5.74) is 0.357.